The molecular weight excluding hydrogens is 571 g/mol. The molecule has 38 heavy (non-hydrogen) atoms. The molecule has 7 nitrogen and oxygen atoms in total. The lowest BCUT2D eigenvalue weighted by Crippen LogP contribution is -2.13. The molecule has 3 aromatic carbocycles. The Kier molecular flexibility index (Phi) is 7.28. The molecule has 5 aromatic rings. The van der Waals surface area contributed by atoms with Crippen LogP contribution in [0.25, 0.3) is 10.9 Å². The summed E-state index contributed by atoms with van der Waals surface area (Å²) in [5.74, 6) is -0.552. The second kappa shape index (κ2) is 10.6. The average molecular weight is 587 g/mol. The Morgan fingerprint density at radius 2 is 1.74 bits per heavy atom. The lowest BCUT2D eigenvalue weighted by molar-refractivity contribution is 0.628. The van der Waals surface area contributed by atoms with Crippen LogP contribution >= 0.6 is 46.4 Å². The number of fused-ring (bicyclic) bond motifs is 1. The number of halogens is 5. The Balaban J connectivity index is 1.62. The van der Waals surface area contributed by atoms with Crippen molar-refractivity contribution < 1.29 is 4.39 Å². The first-order valence-corrected chi connectivity index (χ1v) is 12.6. The number of nitrogens with zero attached hydrogens (tertiary/aromatic N) is 5. The molecule has 5 rings (SSSR count). The van der Waals surface area contributed by atoms with Gasteiger partial charge in [0.1, 0.15) is 17.6 Å². The number of pyridine rings is 1. The smallest absolute Gasteiger partial charge is 0.141 e. The summed E-state index contributed by atoms with van der Waals surface area (Å²) in [6.45, 7) is 0. The summed E-state index contributed by atoms with van der Waals surface area (Å²) in [5, 5.41) is 26.4. The molecule has 2 N–H and O–H groups in total. The van der Waals surface area contributed by atoms with E-state index in [0.717, 1.165) is 5.56 Å². The largest absolute Gasteiger partial charge is 0.373 e. The quantitative estimate of drug-likeness (QED) is 0.210. The van der Waals surface area contributed by atoms with Crippen molar-refractivity contribution in [2.45, 2.75) is 6.04 Å². The summed E-state index contributed by atoms with van der Waals surface area (Å²) < 4.78 is 15.3. The standard InChI is InChI=1S/C26H16Cl4FN7/c1-38-12-23(36-37-38)25(13-2-4-18(27)19(28)6-13)35-16-7-17-24(34-15-3-5-22(31)20(29)8-15)14(10-32)11-33-26(17)21(30)9-16/h2-9,11-12,25,35H,1H3,(H,33,34). The van der Waals surface area contributed by atoms with Crippen LogP contribution in [0.4, 0.5) is 21.5 Å². The monoisotopic (exact) mass is 585 g/mol. The van der Waals surface area contributed by atoms with Crippen molar-refractivity contribution in [2.75, 3.05) is 10.6 Å². The van der Waals surface area contributed by atoms with Gasteiger partial charge in [-0.1, -0.05) is 57.7 Å². The highest BCUT2D eigenvalue weighted by molar-refractivity contribution is 6.42. The highest BCUT2D eigenvalue weighted by Gasteiger charge is 2.21. The molecule has 1 atom stereocenters. The fraction of sp³-hybridized carbons (Fsp3) is 0.0769. The van der Waals surface area contributed by atoms with Gasteiger partial charge >= 0.3 is 0 Å². The van der Waals surface area contributed by atoms with Gasteiger partial charge in [0.05, 0.1) is 49.1 Å². The van der Waals surface area contributed by atoms with Crippen LogP contribution in [-0.4, -0.2) is 20.0 Å². The molecule has 0 aliphatic heterocycles. The summed E-state index contributed by atoms with van der Waals surface area (Å²) in [7, 11) is 1.77. The number of aromatic nitrogens is 4. The fourth-order valence-electron chi connectivity index (χ4n) is 3.96. The van der Waals surface area contributed by atoms with E-state index >= 15 is 0 Å². The van der Waals surface area contributed by atoms with E-state index in [4.69, 9.17) is 46.4 Å². The van der Waals surface area contributed by atoms with Crippen LogP contribution in [0.2, 0.25) is 20.1 Å². The lowest BCUT2D eigenvalue weighted by Gasteiger charge is -2.20. The molecule has 0 fully saturated rings. The van der Waals surface area contributed by atoms with Gasteiger partial charge in [-0.25, -0.2) is 4.39 Å². The topological polar surface area (TPSA) is 91.5 Å². The molecule has 2 heterocycles. The maximum Gasteiger partial charge on any atom is 0.141 e. The van der Waals surface area contributed by atoms with Gasteiger partial charge in [0.25, 0.3) is 0 Å². The van der Waals surface area contributed by atoms with Crippen molar-refractivity contribution in [2.24, 2.45) is 7.05 Å². The third-order valence-corrected chi connectivity index (χ3v) is 7.06. The Hall–Kier alpha value is -3.61. The highest BCUT2D eigenvalue weighted by atomic mass is 35.5. The molecule has 0 aliphatic carbocycles. The van der Waals surface area contributed by atoms with Crippen LogP contribution in [0.3, 0.4) is 0 Å². The van der Waals surface area contributed by atoms with Crippen molar-refractivity contribution in [1.82, 2.24) is 20.0 Å². The van der Waals surface area contributed by atoms with Gasteiger partial charge in [-0.3, -0.25) is 9.67 Å². The van der Waals surface area contributed by atoms with Crippen molar-refractivity contribution in [3.05, 3.63) is 104 Å². The van der Waals surface area contributed by atoms with Gasteiger partial charge in [-0.15, -0.1) is 5.10 Å². The zero-order valence-corrected chi connectivity index (χ0v) is 22.5. The van der Waals surface area contributed by atoms with Crippen LogP contribution in [0, 0.1) is 17.1 Å². The zero-order chi connectivity index (χ0) is 27.0. The number of rotatable bonds is 6. The minimum absolute atomic E-state index is 0.0549. The zero-order valence-electron chi connectivity index (χ0n) is 19.5. The SMILES string of the molecule is Cn1cc(C(Nc2cc(Cl)c3ncc(C#N)c(Nc4ccc(F)c(Cl)c4)c3c2)c2ccc(Cl)c(Cl)c2)nn1. The van der Waals surface area contributed by atoms with Crippen molar-refractivity contribution in [3.63, 3.8) is 0 Å². The van der Waals surface area contributed by atoms with Gasteiger partial charge in [0.15, 0.2) is 0 Å². The van der Waals surface area contributed by atoms with E-state index in [-0.39, 0.29) is 10.6 Å². The lowest BCUT2D eigenvalue weighted by atomic mass is 10.0. The molecular formula is C26H16Cl4FN7. The van der Waals surface area contributed by atoms with E-state index in [2.05, 4.69) is 32.0 Å². The van der Waals surface area contributed by atoms with Gasteiger partial charge in [0, 0.05) is 30.0 Å². The first kappa shape index (κ1) is 26.0. The molecule has 0 saturated carbocycles. The number of nitrogens with one attached hydrogen (secondary N) is 2. The molecule has 0 aliphatic rings. The minimum Gasteiger partial charge on any atom is -0.373 e. The summed E-state index contributed by atoms with van der Waals surface area (Å²) in [4.78, 5) is 4.38. The molecule has 0 spiro atoms. The molecule has 0 saturated heterocycles. The number of nitriles is 1. The van der Waals surface area contributed by atoms with Crippen molar-refractivity contribution in [3.8, 4) is 6.07 Å². The second-order valence-electron chi connectivity index (χ2n) is 8.33. The van der Waals surface area contributed by atoms with E-state index in [9.17, 15) is 9.65 Å². The number of hydrogen-bond acceptors (Lipinski definition) is 6. The second-order valence-corrected chi connectivity index (χ2v) is 9.96. The van der Waals surface area contributed by atoms with E-state index < -0.39 is 11.9 Å². The van der Waals surface area contributed by atoms with Gasteiger partial charge in [0.2, 0.25) is 0 Å². The number of anilines is 3. The van der Waals surface area contributed by atoms with E-state index in [1.165, 1.54) is 24.4 Å². The van der Waals surface area contributed by atoms with Gasteiger partial charge < -0.3 is 10.6 Å². The average Bonchev–Trinajstić information content (AvgIpc) is 3.32. The van der Waals surface area contributed by atoms with Crippen LogP contribution in [0.5, 0.6) is 0 Å². The Morgan fingerprint density at radius 3 is 2.42 bits per heavy atom. The molecule has 0 bridgehead atoms. The van der Waals surface area contributed by atoms with Crippen molar-refractivity contribution in [1.29, 1.82) is 5.26 Å². The highest BCUT2D eigenvalue weighted by Crippen LogP contribution is 2.37. The van der Waals surface area contributed by atoms with Crippen LogP contribution < -0.4 is 10.6 Å². The molecule has 190 valence electrons. The molecule has 12 heteroatoms. The maximum atomic E-state index is 13.7. The summed E-state index contributed by atoms with van der Waals surface area (Å²) in [6, 6.07) is 14.7. The summed E-state index contributed by atoms with van der Waals surface area (Å²) >= 11 is 25.1. The fourth-order valence-corrected chi connectivity index (χ4v) is 4.72. The Bertz CT molecular complexity index is 1730. The Morgan fingerprint density at radius 1 is 0.947 bits per heavy atom. The Labute approximate surface area is 236 Å². The molecule has 0 radical (unpaired) electrons. The van der Waals surface area contributed by atoms with Crippen LogP contribution in [-0.2, 0) is 7.05 Å². The summed E-state index contributed by atoms with van der Waals surface area (Å²) in [6.07, 6.45) is 3.20. The minimum atomic E-state index is -0.552. The third-order valence-electron chi connectivity index (χ3n) is 5.74. The van der Waals surface area contributed by atoms with E-state index in [1.807, 2.05) is 12.1 Å². The van der Waals surface area contributed by atoms with Crippen LogP contribution in [0.1, 0.15) is 22.9 Å². The van der Waals surface area contributed by atoms with Crippen molar-refractivity contribution >= 4 is 74.4 Å². The molecule has 0 amide bonds. The normalized spacial score (nSPS) is 11.8. The van der Waals surface area contributed by atoms with E-state index in [1.54, 1.807) is 36.1 Å². The number of benzene rings is 3. The maximum absolute atomic E-state index is 13.7. The summed E-state index contributed by atoms with van der Waals surface area (Å²) in [5.41, 5.74) is 3.70. The predicted octanol–water partition coefficient (Wildman–Crippen LogP) is 7.93. The van der Waals surface area contributed by atoms with Gasteiger partial charge in [-0.2, -0.15) is 5.26 Å². The third kappa shape index (κ3) is 5.19. The van der Waals surface area contributed by atoms with Crippen LogP contribution in [0.15, 0.2) is 60.9 Å². The first-order valence-electron chi connectivity index (χ1n) is 11.1. The molecule has 1 unspecified atom stereocenters. The van der Waals surface area contributed by atoms with E-state index in [0.29, 0.717) is 48.7 Å². The number of aryl methyl sites for hydroxylation is 1. The first-order chi connectivity index (χ1) is 18.2. The number of hydrogen-bond donors (Lipinski definition) is 2. The predicted molar refractivity (Wildman–Crippen MR) is 149 cm³/mol. The van der Waals surface area contributed by atoms with Gasteiger partial charge in [-0.05, 0) is 48.0 Å². The molecule has 2 aromatic heterocycles.